The van der Waals surface area contributed by atoms with Crippen LogP contribution < -0.4 is 11.3 Å². The molecule has 0 aliphatic heterocycles. The molecule has 152 valence electrons. The number of nitrogens with zero attached hydrogens (tertiary/aromatic N) is 2. The maximum Gasteiger partial charge on any atom is 0.435 e. The highest BCUT2D eigenvalue weighted by molar-refractivity contribution is 5.59. The number of anilines is 1. The number of nitrogens with two attached hydrogens (primary N) is 1. The van der Waals surface area contributed by atoms with Gasteiger partial charge in [0.25, 0.3) is 5.56 Å². The van der Waals surface area contributed by atoms with Crippen LogP contribution >= 0.6 is 0 Å². The molecule has 29 heavy (non-hydrogen) atoms. The minimum Gasteiger partial charge on any atom is -0.392 e. The van der Waals surface area contributed by atoms with Crippen LogP contribution in [0.5, 0.6) is 0 Å². The van der Waals surface area contributed by atoms with Crippen LogP contribution in [0, 0.1) is 0 Å². The molecule has 10 heteroatoms. The third kappa shape index (κ3) is 4.25. The first-order chi connectivity index (χ1) is 13.5. The fourth-order valence-corrected chi connectivity index (χ4v) is 2.73. The highest BCUT2D eigenvalue weighted by atomic mass is 19.4. The van der Waals surface area contributed by atoms with E-state index in [0.29, 0.717) is 17.7 Å². The number of rotatable bonds is 3. The van der Waals surface area contributed by atoms with Gasteiger partial charge in [-0.15, -0.1) is 0 Å². The van der Waals surface area contributed by atoms with E-state index in [1.165, 1.54) is 0 Å². The molecule has 0 amide bonds. The molecule has 0 unspecified atom stereocenters. The van der Waals surface area contributed by atoms with Crippen molar-refractivity contribution in [2.45, 2.75) is 18.9 Å². The van der Waals surface area contributed by atoms with Crippen molar-refractivity contribution in [2.75, 3.05) is 5.73 Å². The second-order valence-electron chi connectivity index (χ2n) is 6.15. The second-order valence-corrected chi connectivity index (χ2v) is 6.15. The van der Waals surface area contributed by atoms with Gasteiger partial charge in [0.15, 0.2) is 5.69 Å². The third-order valence-electron chi connectivity index (χ3n) is 4.13. The Morgan fingerprint density at radius 1 is 0.862 bits per heavy atom. The van der Waals surface area contributed by atoms with Gasteiger partial charge in [0.05, 0.1) is 12.1 Å². The molecule has 4 nitrogen and oxygen atoms in total. The van der Waals surface area contributed by atoms with Gasteiger partial charge >= 0.3 is 12.4 Å². The van der Waals surface area contributed by atoms with E-state index in [9.17, 15) is 31.1 Å². The zero-order valence-electron chi connectivity index (χ0n) is 14.6. The average Bonchev–Trinajstić information content (AvgIpc) is 2.65. The van der Waals surface area contributed by atoms with Crippen molar-refractivity contribution >= 4 is 5.69 Å². The Balaban J connectivity index is 2.22. The van der Waals surface area contributed by atoms with Gasteiger partial charge in [-0.3, -0.25) is 9.36 Å². The van der Waals surface area contributed by atoms with Gasteiger partial charge in [0, 0.05) is 5.56 Å². The normalized spacial score (nSPS) is 12.2. The summed E-state index contributed by atoms with van der Waals surface area (Å²) in [5.74, 6) is -0.436. The first-order valence-corrected chi connectivity index (χ1v) is 8.17. The Hall–Kier alpha value is -3.30. The highest BCUT2D eigenvalue weighted by Gasteiger charge is 2.38. The van der Waals surface area contributed by atoms with Crippen molar-refractivity contribution in [2.24, 2.45) is 0 Å². The molecule has 0 aliphatic rings. The maximum absolute atomic E-state index is 13.3. The Labute approximate surface area is 160 Å². The van der Waals surface area contributed by atoms with Crippen LogP contribution in [-0.4, -0.2) is 9.55 Å². The molecule has 0 fully saturated rings. The first-order valence-electron chi connectivity index (χ1n) is 8.17. The smallest absolute Gasteiger partial charge is 0.392 e. The Kier molecular flexibility index (Phi) is 5.12. The van der Waals surface area contributed by atoms with Gasteiger partial charge in [-0.25, -0.2) is 4.98 Å². The number of hydrogen-bond donors (Lipinski definition) is 1. The number of aromatic nitrogens is 2. The van der Waals surface area contributed by atoms with Crippen molar-refractivity contribution in [1.29, 1.82) is 0 Å². The molecule has 0 atom stereocenters. The van der Waals surface area contributed by atoms with E-state index < -0.39 is 40.7 Å². The van der Waals surface area contributed by atoms with Crippen LogP contribution in [0.15, 0.2) is 59.4 Å². The van der Waals surface area contributed by atoms with Crippen LogP contribution in [-0.2, 0) is 18.9 Å². The van der Waals surface area contributed by atoms with Crippen LogP contribution in [0.1, 0.15) is 16.8 Å². The van der Waals surface area contributed by atoms with Gasteiger partial charge in [-0.05, 0) is 17.7 Å². The lowest BCUT2D eigenvalue weighted by Crippen LogP contribution is -2.30. The molecular formula is C19H13F6N3O. The van der Waals surface area contributed by atoms with Gasteiger partial charge in [-0.1, -0.05) is 42.5 Å². The largest absolute Gasteiger partial charge is 0.435 e. The number of benzene rings is 2. The molecular weight excluding hydrogens is 400 g/mol. The molecule has 2 N–H and O–H groups in total. The molecule has 1 aromatic heterocycles. The van der Waals surface area contributed by atoms with Crippen molar-refractivity contribution in [3.05, 3.63) is 81.8 Å². The van der Waals surface area contributed by atoms with Crippen LogP contribution in [0.2, 0.25) is 0 Å². The van der Waals surface area contributed by atoms with Gasteiger partial charge in [0.1, 0.15) is 11.5 Å². The van der Waals surface area contributed by atoms with E-state index in [0.717, 1.165) is 16.7 Å². The molecule has 0 saturated carbocycles. The minimum absolute atomic E-state index is 0.0865. The quantitative estimate of drug-likeness (QED) is 0.640. The number of halogens is 6. The summed E-state index contributed by atoms with van der Waals surface area (Å²) >= 11 is 0. The number of hydrogen-bond acceptors (Lipinski definition) is 3. The van der Waals surface area contributed by atoms with E-state index in [2.05, 4.69) is 4.98 Å². The lowest BCUT2D eigenvalue weighted by atomic mass is 10.1. The predicted molar refractivity (Wildman–Crippen MR) is 93.9 cm³/mol. The monoisotopic (exact) mass is 413 g/mol. The van der Waals surface area contributed by atoms with E-state index >= 15 is 0 Å². The van der Waals surface area contributed by atoms with E-state index in [1.54, 1.807) is 30.3 Å². The summed E-state index contributed by atoms with van der Waals surface area (Å²) in [6.45, 7) is -0.161. The lowest BCUT2D eigenvalue weighted by molar-refractivity contribution is -0.140. The summed E-state index contributed by atoms with van der Waals surface area (Å²) < 4.78 is 79.1. The van der Waals surface area contributed by atoms with Crippen molar-refractivity contribution in [3.63, 3.8) is 0 Å². The summed E-state index contributed by atoms with van der Waals surface area (Å²) in [4.78, 5) is 16.1. The SMILES string of the molecule is Nc1c(C(F)(F)F)nc(-c2ccc(C(F)(F)F)cc2)n(Cc2ccccc2)c1=O. The third-order valence-corrected chi connectivity index (χ3v) is 4.13. The first kappa shape index (κ1) is 20.4. The molecule has 0 aliphatic carbocycles. The van der Waals surface area contributed by atoms with Crippen molar-refractivity contribution in [1.82, 2.24) is 9.55 Å². The van der Waals surface area contributed by atoms with Gasteiger partial charge in [0.2, 0.25) is 0 Å². The second kappa shape index (κ2) is 7.26. The summed E-state index contributed by atoms with van der Waals surface area (Å²) in [6.07, 6.45) is -9.62. The summed E-state index contributed by atoms with van der Waals surface area (Å²) in [5, 5.41) is 0. The highest BCUT2D eigenvalue weighted by Crippen LogP contribution is 2.34. The predicted octanol–water partition coefficient (Wildman–Crippen LogP) is 4.58. The Morgan fingerprint density at radius 3 is 1.97 bits per heavy atom. The average molecular weight is 413 g/mol. The topological polar surface area (TPSA) is 60.9 Å². The molecule has 3 aromatic rings. The standard InChI is InChI=1S/C19H13F6N3O/c20-18(21,22)13-8-6-12(7-9-13)16-27-15(19(23,24)25)14(26)17(29)28(16)10-11-4-2-1-3-5-11/h1-9H,10,26H2. The van der Waals surface area contributed by atoms with E-state index in [4.69, 9.17) is 5.73 Å². The van der Waals surface area contributed by atoms with Gasteiger partial charge < -0.3 is 5.73 Å². The minimum atomic E-state index is -5.00. The van der Waals surface area contributed by atoms with Crippen molar-refractivity contribution < 1.29 is 26.3 Å². The zero-order valence-corrected chi connectivity index (χ0v) is 14.6. The maximum atomic E-state index is 13.3. The lowest BCUT2D eigenvalue weighted by Gasteiger charge is -2.17. The molecule has 0 spiro atoms. The Bertz CT molecular complexity index is 1070. The number of nitrogen functional groups attached to an aromatic ring is 1. The van der Waals surface area contributed by atoms with Crippen LogP contribution in [0.3, 0.4) is 0 Å². The van der Waals surface area contributed by atoms with Gasteiger partial charge in [-0.2, -0.15) is 26.3 Å². The van der Waals surface area contributed by atoms with E-state index in [1.807, 2.05) is 0 Å². The molecule has 3 rings (SSSR count). The van der Waals surface area contributed by atoms with E-state index in [-0.39, 0.29) is 12.1 Å². The summed E-state index contributed by atoms with van der Waals surface area (Å²) in [7, 11) is 0. The molecule has 0 saturated heterocycles. The molecule has 0 bridgehead atoms. The fraction of sp³-hybridized carbons (Fsp3) is 0.158. The number of alkyl halides is 6. The molecule has 0 radical (unpaired) electrons. The summed E-state index contributed by atoms with van der Waals surface area (Å²) in [6, 6.07) is 11.6. The zero-order chi connectivity index (χ0) is 21.4. The molecule has 2 aromatic carbocycles. The Morgan fingerprint density at radius 2 is 1.45 bits per heavy atom. The summed E-state index contributed by atoms with van der Waals surface area (Å²) in [5.41, 5.74) is 1.10. The van der Waals surface area contributed by atoms with Crippen molar-refractivity contribution in [3.8, 4) is 11.4 Å². The van der Waals surface area contributed by atoms with Crippen LogP contribution in [0.25, 0.3) is 11.4 Å². The fourth-order valence-electron chi connectivity index (χ4n) is 2.73. The molecule has 1 heterocycles. The van der Waals surface area contributed by atoms with Crippen LogP contribution in [0.4, 0.5) is 32.0 Å².